The third-order valence-corrected chi connectivity index (χ3v) is 5.18. The van der Waals surface area contributed by atoms with Gasteiger partial charge >= 0.3 is 12.1 Å². The van der Waals surface area contributed by atoms with E-state index in [1.807, 2.05) is 45.0 Å². The number of rotatable bonds is 5. The first kappa shape index (κ1) is 19.9. The fourth-order valence-corrected chi connectivity index (χ4v) is 3.79. The number of likely N-dealkylation sites (N-methyl/N-ethyl adjacent to an activating group) is 1. The van der Waals surface area contributed by atoms with Crippen molar-refractivity contribution in [2.75, 3.05) is 13.7 Å². The predicted octanol–water partition coefficient (Wildman–Crippen LogP) is 4.76. The number of fused-ring (bicyclic) bond motifs is 3. The summed E-state index contributed by atoms with van der Waals surface area (Å²) in [7, 11) is 1.49. The number of carboxylic acids is 1. The fraction of sp³-hybridized carbons (Fsp3) is 0.391. The highest BCUT2D eigenvalue weighted by Crippen LogP contribution is 2.44. The standard InChI is InChI=1S/C23H27NO4/c1-23(2,3)13-20(21(25)26)24(4)22(27)28-14-19-17-11-7-5-9-15(17)16-10-6-8-12-18(16)19/h5-12,19-20H,13-14H2,1-4H3,(H,25,26). The molecule has 1 amide bonds. The highest BCUT2D eigenvalue weighted by atomic mass is 16.6. The molecule has 0 saturated heterocycles. The molecule has 5 nitrogen and oxygen atoms in total. The number of nitrogens with zero attached hydrogens (tertiary/aromatic N) is 1. The lowest BCUT2D eigenvalue weighted by molar-refractivity contribution is -0.143. The molecule has 1 aliphatic rings. The van der Waals surface area contributed by atoms with Crippen LogP contribution in [-0.2, 0) is 9.53 Å². The van der Waals surface area contributed by atoms with Gasteiger partial charge in [-0.15, -0.1) is 0 Å². The van der Waals surface area contributed by atoms with E-state index in [9.17, 15) is 14.7 Å². The summed E-state index contributed by atoms with van der Waals surface area (Å²) in [4.78, 5) is 25.5. The summed E-state index contributed by atoms with van der Waals surface area (Å²) in [6.45, 7) is 6.04. The summed E-state index contributed by atoms with van der Waals surface area (Å²) in [6.07, 6.45) is -0.262. The SMILES string of the molecule is CN(C(=O)OCC1c2ccccc2-c2ccccc21)C(CC(C)(C)C)C(=O)O. The van der Waals surface area contributed by atoms with E-state index >= 15 is 0 Å². The maximum atomic E-state index is 12.6. The molecule has 2 aromatic rings. The van der Waals surface area contributed by atoms with Crippen LogP contribution >= 0.6 is 0 Å². The van der Waals surface area contributed by atoms with Crippen molar-refractivity contribution in [2.45, 2.75) is 39.2 Å². The molecule has 0 saturated carbocycles. The molecule has 0 heterocycles. The van der Waals surface area contributed by atoms with Gasteiger partial charge in [-0.2, -0.15) is 0 Å². The lowest BCUT2D eigenvalue weighted by Gasteiger charge is -2.30. The highest BCUT2D eigenvalue weighted by Gasteiger charge is 2.33. The minimum atomic E-state index is -1.02. The highest BCUT2D eigenvalue weighted by molar-refractivity contribution is 5.81. The number of benzene rings is 2. The summed E-state index contributed by atoms with van der Waals surface area (Å²) in [6, 6.07) is 15.3. The third kappa shape index (κ3) is 4.03. The average molecular weight is 381 g/mol. The van der Waals surface area contributed by atoms with Crippen molar-refractivity contribution in [2.24, 2.45) is 5.41 Å². The van der Waals surface area contributed by atoms with Gasteiger partial charge in [0.05, 0.1) is 0 Å². The Morgan fingerprint density at radius 2 is 1.54 bits per heavy atom. The van der Waals surface area contributed by atoms with Gasteiger partial charge in [0.15, 0.2) is 0 Å². The van der Waals surface area contributed by atoms with Crippen LogP contribution in [-0.4, -0.2) is 41.8 Å². The molecule has 0 aromatic heterocycles. The Morgan fingerprint density at radius 3 is 2.00 bits per heavy atom. The van der Waals surface area contributed by atoms with Gasteiger partial charge in [-0.05, 0) is 34.1 Å². The van der Waals surface area contributed by atoms with E-state index < -0.39 is 18.1 Å². The minimum Gasteiger partial charge on any atom is -0.480 e. The second kappa shape index (κ2) is 7.66. The lowest BCUT2D eigenvalue weighted by Crippen LogP contribution is -2.45. The van der Waals surface area contributed by atoms with Crippen molar-refractivity contribution in [3.63, 3.8) is 0 Å². The number of hydrogen-bond acceptors (Lipinski definition) is 3. The quantitative estimate of drug-likeness (QED) is 0.811. The molecule has 0 bridgehead atoms. The number of carbonyl (C=O) groups is 2. The predicted molar refractivity (Wildman–Crippen MR) is 108 cm³/mol. The Bertz CT molecular complexity index is 839. The molecular formula is C23H27NO4. The van der Waals surface area contributed by atoms with Crippen LogP contribution in [0, 0.1) is 5.41 Å². The van der Waals surface area contributed by atoms with Crippen molar-refractivity contribution in [1.29, 1.82) is 0 Å². The fourth-order valence-electron chi connectivity index (χ4n) is 3.79. The third-order valence-electron chi connectivity index (χ3n) is 5.18. The van der Waals surface area contributed by atoms with E-state index in [0.717, 1.165) is 22.3 Å². The normalized spacial score (nSPS) is 14.1. The van der Waals surface area contributed by atoms with Crippen LogP contribution in [0.3, 0.4) is 0 Å². The summed E-state index contributed by atoms with van der Waals surface area (Å²) < 4.78 is 5.57. The number of hydrogen-bond donors (Lipinski definition) is 1. The molecule has 1 unspecified atom stereocenters. The zero-order valence-electron chi connectivity index (χ0n) is 16.8. The Labute approximate surface area is 165 Å². The Morgan fingerprint density at radius 1 is 1.04 bits per heavy atom. The van der Waals surface area contributed by atoms with Gasteiger partial charge in [0.25, 0.3) is 0 Å². The molecule has 148 valence electrons. The topological polar surface area (TPSA) is 66.8 Å². The van der Waals surface area contributed by atoms with Gasteiger partial charge in [0.2, 0.25) is 0 Å². The first-order valence-electron chi connectivity index (χ1n) is 9.49. The summed E-state index contributed by atoms with van der Waals surface area (Å²) in [5.74, 6) is -1.07. The number of aliphatic carboxylic acids is 1. The minimum absolute atomic E-state index is 0.0457. The monoisotopic (exact) mass is 381 g/mol. The molecule has 5 heteroatoms. The van der Waals surface area contributed by atoms with Crippen molar-refractivity contribution in [3.05, 3.63) is 59.7 Å². The van der Waals surface area contributed by atoms with E-state index in [0.29, 0.717) is 6.42 Å². The Hall–Kier alpha value is -2.82. The Balaban J connectivity index is 1.75. The van der Waals surface area contributed by atoms with Crippen LogP contribution < -0.4 is 0 Å². The van der Waals surface area contributed by atoms with Crippen molar-refractivity contribution in [1.82, 2.24) is 4.90 Å². The molecule has 1 aliphatic carbocycles. The van der Waals surface area contributed by atoms with Gasteiger partial charge in [-0.25, -0.2) is 9.59 Å². The molecule has 28 heavy (non-hydrogen) atoms. The summed E-state index contributed by atoms with van der Waals surface area (Å²) >= 11 is 0. The van der Waals surface area contributed by atoms with Crippen molar-refractivity contribution >= 4 is 12.1 Å². The van der Waals surface area contributed by atoms with Crippen molar-refractivity contribution in [3.8, 4) is 11.1 Å². The Kier molecular flexibility index (Phi) is 5.45. The van der Waals surface area contributed by atoms with Crippen molar-refractivity contribution < 1.29 is 19.4 Å². The molecule has 0 radical (unpaired) electrons. The molecule has 0 aliphatic heterocycles. The van der Waals surface area contributed by atoms with Gasteiger partial charge < -0.3 is 9.84 Å². The van der Waals surface area contributed by atoms with Crippen LogP contribution in [0.2, 0.25) is 0 Å². The number of ether oxygens (including phenoxy) is 1. The number of carbonyl (C=O) groups excluding carboxylic acids is 1. The van der Waals surface area contributed by atoms with E-state index in [4.69, 9.17) is 4.74 Å². The van der Waals surface area contributed by atoms with Crippen LogP contribution in [0.1, 0.15) is 44.2 Å². The average Bonchev–Trinajstić information content (AvgIpc) is 2.97. The summed E-state index contributed by atoms with van der Waals surface area (Å²) in [5, 5.41) is 9.55. The second-order valence-corrected chi connectivity index (χ2v) is 8.53. The zero-order chi connectivity index (χ0) is 20.5. The van der Waals surface area contributed by atoms with E-state index in [2.05, 4.69) is 24.3 Å². The van der Waals surface area contributed by atoms with E-state index in [1.165, 1.54) is 11.9 Å². The van der Waals surface area contributed by atoms with Crippen LogP contribution in [0.5, 0.6) is 0 Å². The van der Waals surface area contributed by atoms with Gasteiger partial charge in [0, 0.05) is 13.0 Å². The molecule has 0 spiro atoms. The summed E-state index contributed by atoms with van der Waals surface area (Å²) in [5.41, 5.74) is 4.35. The molecule has 1 atom stereocenters. The zero-order valence-corrected chi connectivity index (χ0v) is 16.8. The molecule has 1 N–H and O–H groups in total. The number of amides is 1. The number of carboxylic acid groups (broad SMARTS) is 1. The van der Waals surface area contributed by atoms with Crippen LogP contribution in [0.4, 0.5) is 4.79 Å². The maximum Gasteiger partial charge on any atom is 0.410 e. The van der Waals surface area contributed by atoms with Gasteiger partial charge in [-0.3, -0.25) is 4.90 Å². The smallest absolute Gasteiger partial charge is 0.410 e. The molecular weight excluding hydrogens is 354 g/mol. The molecule has 2 aromatic carbocycles. The maximum absolute atomic E-state index is 12.6. The van der Waals surface area contributed by atoms with Crippen LogP contribution in [0.25, 0.3) is 11.1 Å². The first-order valence-corrected chi connectivity index (χ1v) is 9.49. The van der Waals surface area contributed by atoms with Gasteiger partial charge in [0.1, 0.15) is 12.6 Å². The second-order valence-electron chi connectivity index (χ2n) is 8.53. The van der Waals surface area contributed by atoms with Crippen LogP contribution in [0.15, 0.2) is 48.5 Å². The first-order chi connectivity index (χ1) is 13.2. The van der Waals surface area contributed by atoms with Gasteiger partial charge in [-0.1, -0.05) is 69.3 Å². The largest absolute Gasteiger partial charge is 0.480 e. The van der Waals surface area contributed by atoms with E-state index in [1.54, 1.807) is 0 Å². The lowest BCUT2D eigenvalue weighted by atomic mass is 9.87. The van der Waals surface area contributed by atoms with E-state index in [-0.39, 0.29) is 17.9 Å². The molecule has 3 rings (SSSR count). The molecule has 0 fully saturated rings.